The normalized spacial score (nSPS) is 13.5. The molecule has 1 aliphatic heterocycles. The second kappa shape index (κ2) is 6.77. The fourth-order valence-electron chi connectivity index (χ4n) is 1.99. The van der Waals surface area contributed by atoms with E-state index in [0.29, 0.717) is 23.7 Å². The van der Waals surface area contributed by atoms with Gasteiger partial charge < -0.3 is 15.0 Å². The third-order valence-electron chi connectivity index (χ3n) is 3.04. The second-order valence-corrected chi connectivity index (χ2v) is 5.49. The van der Waals surface area contributed by atoms with Gasteiger partial charge in [-0.3, -0.25) is 4.79 Å². The number of hydrogen-bond acceptors (Lipinski definition) is 3. The summed E-state index contributed by atoms with van der Waals surface area (Å²) in [6, 6.07) is 5.40. The third kappa shape index (κ3) is 3.99. The molecule has 2 rings (SSSR count). The van der Waals surface area contributed by atoms with Gasteiger partial charge in [0.25, 0.3) is 5.91 Å². The molecule has 4 nitrogen and oxygen atoms in total. The third-order valence-corrected chi connectivity index (χ3v) is 3.28. The smallest absolute Gasteiger partial charge is 0.250 e. The molecular formula is C15H19ClN2O2. The van der Waals surface area contributed by atoms with Crippen LogP contribution >= 0.6 is 11.6 Å². The van der Waals surface area contributed by atoms with Crippen LogP contribution in [0.2, 0.25) is 5.02 Å². The highest BCUT2D eigenvalue weighted by Gasteiger charge is 2.17. The van der Waals surface area contributed by atoms with E-state index in [0.717, 1.165) is 24.3 Å². The number of amides is 1. The van der Waals surface area contributed by atoms with Crippen LogP contribution in [0.15, 0.2) is 23.8 Å². The topological polar surface area (TPSA) is 41.6 Å². The van der Waals surface area contributed by atoms with E-state index in [4.69, 9.17) is 16.3 Å². The molecule has 0 fully saturated rings. The first-order valence-corrected chi connectivity index (χ1v) is 7.00. The summed E-state index contributed by atoms with van der Waals surface area (Å²) < 4.78 is 5.56. The van der Waals surface area contributed by atoms with Gasteiger partial charge in [-0.2, -0.15) is 0 Å². The first-order chi connectivity index (χ1) is 9.56. The van der Waals surface area contributed by atoms with Crippen LogP contribution in [0.25, 0.3) is 6.08 Å². The molecule has 1 amide bonds. The lowest BCUT2D eigenvalue weighted by atomic mass is 10.1. The highest BCUT2D eigenvalue weighted by molar-refractivity contribution is 6.30. The van der Waals surface area contributed by atoms with Crippen molar-refractivity contribution in [2.45, 2.75) is 6.42 Å². The summed E-state index contributed by atoms with van der Waals surface area (Å²) in [5, 5.41) is 3.54. The molecule has 0 aliphatic carbocycles. The molecule has 0 radical (unpaired) electrons. The fraction of sp³-hybridized carbons (Fsp3) is 0.400. The van der Waals surface area contributed by atoms with Gasteiger partial charge in [0.2, 0.25) is 0 Å². The molecule has 0 bridgehead atoms. The summed E-state index contributed by atoms with van der Waals surface area (Å²) in [6.07, 6.45) is 2.77. The van der Waals surface area contributed by atoms with Crippen molar-refractivity contribution < 1.29 is 9.53 Å². The SMILES string of the molecule is CN(C)CCCNC(=O)C1=Cc2cc(Cl)ccc2OC1. The van der Waals surface area contributed by atoms with Crippen LogP contribution in [0, 0.1) is 0 Å². The maximum atomic E-state index is 12.0. The van der Waals surface area contributed by atoms with Crippen LogP contribution in [-0.4, -0.2) is 44.6 Å². The van der Waals surface area contributed by atoms with Gasteiger partial charge in [0.15, 0.2) is 0 Å². The second-order valence-electron chi connectivity index (χ2n) is 5.05. The number of ether oxygens (including phenoxy) is 1. The minimum Gasteiger partial charge on any atom is -0.488 e. The molecule has 0 saturated carbocycles. The van der Waals surface area contributed by atoms with Crippen molar-refractivity contribution >= 4 is 23.6 Å². The summed E-state index contributed by atoms with van der Waals surface area (Å²) in [5.74, 6) is 0.688. The molecule has 0 unspecified atom stereocenters. The molecule has 0 aromatic heterocycles. The zero-order chi connectivity index (χ0) is 14.5. The Kier molecular flexibility index (Phi) is 5.04. The van der Waals surface area contributed by atoms with E-state index in [1.807, 2.05) is 26.2 Å². The van der Waals surface area contributed by atoms with Crippen LogP contribution in [0.4, 0.5) is 0 Å². The molecule has 5 heteroatoms. The van der Waals surface area contributed by atoms with Gasteiger partial charge in [0.1, 0.15) is 12.4 Å². The first-order valence-electron chi connectivity index (χ1n) is 6.62. The summed E-state index contributed by atoms with van der Waals surface area (Å²) in [4.78, 5) is 14.1. The fourth-order valence-corrected chi connectivity index (χ4v) is 2.17. The molecule has 0 saturated heterocycles. The van der Waals surface area contributed by atoms with Crippen molar-refractivity contribution in [3.05, 3.63) is 34.4 Å². The lowest BCUT2D eigenvalue weighted by Crippen LogP contribution is -2.30. The average molecular weight is 295 g/mol. The van der Waals surface area contributed by atoms with Gasteiger partial charge in [-0.1, -0.05) is 11.6 Å². The maximum absolute atomic E-state index is 12.0. The van der Waals surface area contributed by atoms with Crippen LogP contribution in [-0.2, 0) is 4.79 Å². The van der Waals surface area contributed by atoms with Gasteiger partial charge in [-0.05, 0) is 51.3 Å². The number of nitrogens with zero attached hydrogens (tertiary/aromatic N) is 1. The molecule has 1 aromatic rings. The van der Waals surface area contributed by atoms with Crippen molar-refractivity contribution in [3.8, 4) is 5.75 Å². The Hall–Kier alpha value is -1.52. The Bertz CT molecular complexity index is 527. The number of carbonyl (C=O) groups is 1. The number of halogens is 1. The predicted octanol–water partition coefficient (Wildman–Crippen LogP) is 2.18. The van der Waals surface area contributed by atoms with E-state index in [2.05, 4.69) is 10.2 Å². The highest BCUT2D eigenvalue weighted by Crippen LogP contribution is 2.28. The average Bonchev–Trinajstić information content (AvgIpc) is 2.42. The van der Waals surface area contributed by atoms with E-state index in [9.17, 15) is 4.79 Å². The standard InChI is InChI=1S/C15H19ClN2O2/c1-18(2)7-3-6-17-15(19)12-8-11-9-13(16)4-5-14(11)20-10-12/h4-5,8-9H,3,6-7,10H2,1-2H3,(H,17,19). The van der Waals surface area contributed by atoms with Gasteiger partial charge >= 0.3 is 0 Å². The van der Waals surface area contributed by atoms with E-state index in [1.54, 1.807) is 12.1 Å². The molecule has 1 aliphatic rings. The van der Waals surface area contributed by atoms with Crippen molar-refractivity contribution in [2.24, 2.45) is 0 Å². The van der Waals surface area contributed by atoms with E-state index < -0.39 is 0 Å². The van der Waals surface area contributed by atoms with Crippen LogP contribution < -0.4 is 10.1 Å². The van der Waals surface area contributed by atoms with Crippen molar-refractivity contribution in [1.29, 1.82) is 0 Å². The van der Waals surface area contributed by atoms with E-state index in [1.165, 1.54) is 0 Å². The molecule has 1 heterocycles. The highest BCUT2D eigenvalue weighted by atomic mass is 35.5. The Morgan fingerprint density at radius 3 is 3.00 bits per heavy atom. The Morgan fingerprint density at radius 2 is 2.25 bits per heavy atom. The zero-order valence-electron chi connectivity index (χ0n) is 11.8. The van der Waals surface area contributed by atoms with Gasteiger partial charge in [0, 0.05) is 17.1 Å². The minimum absolute atomic E-state index is 0.0746. The molecule has 20 heavy (non-hydrogen) atoms. The summed E-state index contributed by atoms with van der Waals surface area (Å²) >= 11 is 5.95. The number of benzene rings is 1. The maximum Gasteiger partial charge on any atom is 0.250 e. The quantitative estimate of drug-likeness (QED) is 0.847. The van der Waals surface area contributed by atoms with Crippen molar-refractivity contribution in [2.75, 3.05) is 33.8 Å². The van der Waals surface area contributed by atoms with Gasteiger partial charge in [-0.25, -0.2) is 0 Å². The summed E-state index contributed by atoms with van der Waals surface area (Å²) in [7, 11) is 4.03. The molecular weight excluding hydrogens is 276 g/mol. The predicted molar refractivity (Wildman–Crippen MR) is 81.1 cm³/mol. The molecule has 1 N–H and O–H groups in total. The molecule has 108 valence electrons. The van der Waals surface area contributed by atoms with Gasteiger partial charge in [0.05, 0.1) is 5.57 Å². The summed E-state index contributed by atoms with van der Waals surface area (Å²) in [5.41, 5.74) is 1.48. The lowest BCUT2D eigenvalue weighted by molar-refractivity contribution is -0.117. The molecule has 0 spiro atoms. The summed E-state index contributed by atoms with van der Waals surface area (Å²) in [6.45, 7) is 1.92. The monoisotopic (exact) mass is 294 g/mol. The van der Waals surface area contributed by atoms with Crippen LogP contribution in [0.3, 0.4) is 0 Å². The first kappa shape index (κ1) is 14.9. The Balaban J connectivity index is 1.94. The minimum atomic E-state index is -0.0746. The van der Waals surface area contributed by atoms with E-state index >= 15 is 0 Å². The Labute approximate surface area is 124 Å². The Morgan fingerprint density at radius 1 is 1.45 bits per heavy atom. The van der Waals surface area contributed by atoms with Crippen LogP contribution in [0.1, 0.15) is 12.0 Å². The number of rotatable bonds is 5. The van der Waals surface area contributed by atoms with Gasteiger partial charge in [-0.15, -0.1) is 0 Å². The number of carbonyl (C=O) groups excluding carboxylic acids is 1. The molecule has 1 aromatic carbocycles. The lowest BCUT2D eigenvalue weighted by Gasteiger charge is -2.18. The van der Waals surface area contributed by atoms with E-state index in [-0.39, 0.29) is 5.91 Å². The number of hydrogen-bond donors (Lipinski definition) is 1. The number of fused-ring (bicyclic) bond motifs is 1. The molecule has 0 atom stereocenters. The van der Waals surface area contributed by atoms with Crippen molar-refractivity contribution in [3.63, 3.8) is 0 Å². The largest absolute Gasteiger partial charge is 0.488 e. The van der Waals surface area contributed by atoms with Crippen LogP contribution in [0.5, 0.6) is 5.75 Å². The zero-order valence-corrected chi connectivity index (χ0v) is 12.5. The van der Waals surface area contributed by atoms with Crippen molar-refractivity contribution in [1.82, 2.24) is 10.2 Å². The number of nitrogens with one attached hydrogen (secondary N) is 1.